The summed E-state index contributed by atoms with van der Waals surface area (Å²) in [6.07, 6.45) is 1.00. The fourth-order valence-corrected chi connectivity index (χ4v) is 5.69. The quantitative estimate of drug-likeness (QED) is 0.271. The fourth-order valence-electron chi connectivity index (χ4n) is 4.47. The molecule has 4 rings (SSSR count). The molecule has 0 unspecified atom stereocenters. The first-order valence-corrected chi connectivity index (χ1v) is 13.1. The van der Waals surface area contributed by atoms with Crippen LogP contribution in [0, 0.1) is 11.3 Å². The summed E-state index contributed by atoms with van der Waals surface area (Å²) in [6.45, 7) is 0.375. The highest BCUT2D eigenvalue weighted by Gasteiger charge is 2.34. The minimum Gasteiger partial charge on any atom is -0.481 e. The Bertz CT molecular complexity index is 1420. The number of fused-ring (bicyclic) bond motifs is 1. The van der Waals surface area contributed by atoms with E-state index in [1.807, 2.05) is 24.3 Å². The van der Waals surface area contributed by atoms with E-state index in [-0.39, 0.29) is 23.7 Å². The van der Waals surface area contributed by atoms with Gasteiger partial charge in [-0.05, 0) is 53.8 Å². The molecule has 1 aliphatic rings. The number of carboxylic acid groups (broad SMARTS) is 1. The number of benzene rings is 3. The normalized spacial score (nSPS) is 17.0. The SMILES string of the molecule is N=C(N)c1cccc(C[C@H](NS(=O)(=O)c2ccc3ccccc3c2)C(=O)N2CCC[C@H](C(=O)O)C2)c1. The minimum absolute atomic E-state index is 0.0149. The zero-order chi connectivity index (χ0) is 25.9. The van der Waals surface area contributed by atoms with Gasteiger partial charge in [-0.3, -0.25) is 15.0 Å². The van der Waals surface area contributed by atoms with E-state index < -0.39 is 33.9 Å². The van der Waals surface area contributed by atoms with Gasteiger partial charge in [0.1, 0.15) is 11.9 Å². The largest absolute Gasteiger partial charge is 0.481 e. The lowest BCUT2D eigenvalue weighted by Crippen LogP contribution is -2.52. The van der Waals surface area contributed by atoms with Crippen LogP contribution in [0.1, 0.15) is 24.0 Å². The number of sulfonamides is 1. The molecule has 1 fully saturated rings. The molecular formula is C26H28N4O5S. The van der Waals surface area contributed by atoms with Crippen LogP contribution < -0.4 is 10.5 Å². The Morgan fingerprint density at radius 2 is 1.83 bits per heavy atom. The number of nitrogens with two attached hydrogens (primary N) is 1. The molecule has 0 spiro atoms. The first-order chi connectivity index (χ1) is 17.1. The van der Waals surface area contributed by atoms with E-state index in [0.717, 1.165) is 10.8 Å². The lowest BCUT2D eigenvalue weighted by Gasteiger charge is -2.33. The van der Waals surface area contributed by atoms with Crippen molar-refractivity contribution in [1.29, 1.82) is 5.41 Å². The molecular weight excluding hydrogens is 480 g/mol. The molecule has 188 valence electrons. The fraction of sp³-hybridized carbons (Fsp3) is 0.269. The maximum Gasteiger partial charge on any atom is 0.308 e. The maximum atomic E-state index is 13.6. The summed E-state index contributed by atoms with van der Waals surface area (Å²) in [6, 6.07) is 17.7. The Labute approximate surface area is 209 Å². The number of hydrogen-bond acceptors (Lipinski definition) is 5. The van der Waals surface area contributed by atoms with E-state index in [9.17, 15) is 23.1 Å². The van der Waals surface area contributed by atoms with Gasteiger partial charge in [0.25, 0.3) is 0 Å². The van der Waals surface area contributed by atoms with Gasteiger partial charge in [-0.2, -0.15) is 4.72 Å². The molecule has 3 aromatic carbocycles. The van der Waals surface area contributed by atoms with E-state index in [1.165, 1.54) is 11.0 Å². The first kappa shape index (κ1) is 25.3. The van der Waals surface area contributed by atoms with Crippen molar-refractivity contribution in [2.75, 3.05) is 13.1 Å². The Hall–Kier alpha value is -3.76. The number of nitrogen functional groups attached to an aromatic ring is 1. The Morgan fingerprint density at radius 1 is 1.08 bits per heavy atom. The summed E-state index contributed by atoms with van der Waals surface area (Å²) >= 11 is 0. The number of nitrogens with zero attached hydrogens (tertiary/aromatic N) is 1. The average Bonchev–Trinajstić information content (AvgIpc) is 2.87. The highest BCUT2D eigenvalue weighted by Crippen LogP contribution is 2.22. The number of aliphatic carboxylic acids is 1. The molecule has 0 bridgehead atoms. The van der Waals surface area contributed by atoms with E-state index in [0.29, 0.717) is 30.5 Å². The number of hydrogen-bond donors (Lipinski definition) is 4. The second-order valence-electron chi connectivity index (χ2n) is 8.96. The Balaban J connectivity index is 1.65. The summed E-state index contributed by atoms with van der Waals surface area (Å²) in [5.41, 5.74) is 6.68. The van der Waals surface area contributed by atoms with Crippen LogP contribution in [-0.4, -0.2) is 55.3 Å². The predicted molar refractivity (Wildman–Crippen MR) is 136 cm³/mol. The molecule has 0 saturated carbocycles. The van der Waals surface area contributed by atoms with Crippen LogP contribution in [0.15, 0.2) is 71.6 Å². The van der Waals surface area contributed by atoms with E-state index >= 15 is 0 Å². The standard InChI is InChI=1S/C26H28N4O5S/c27-24(28)20-8-3-5-17(13-20)14-23(25(31)30-12-4-9-21(16-30)26(32)33)29-36(34,35)22-11-10-18-6-1-2-7-19(18)15-22/h1-3,5-8,10-11,13,15,21,23,29H,4,9,12,14,16H2,(H3,27,28)(H,32,33)/t21-,23-/m0/s1. The maximum absolute atomic E-state index is 13.6. The average molecular weight is 509 g/mol. The van der Waals surface area contributed by atoms with Crippen LogP contribution >= 0.6 is 0 Å². The number of amidine groups is 1. The Morgan fingerprint density at radius 3 is 2.56 bits per heavy atom. The number of piperidine rings is 1. The number of rotatable bonds is 8. The van der Waals surface area contributed by atoms with Gasteiger partial charge in [-0.25, -0.2) is 8.42 Å². The molecule has 1 aliphatic heterocycles. The number of likely N-dealkylation sites (tertiary alicyclic amines) is 1. The van der Waals surface area contributed by atoms with Crippen molar-refractivity contribution in [3.63, 3.8) is 0 Å². The molecule has 1 heterocycles. The van der Waals surface area contributed by atoms with E-state index in [2.05, 4.69) is 4.72 Å². The highest BCUT2D eigenvalue weighted by molar-refractivity contribution is 7.89. The molecule has 10 heteroatoms. The molecule has 0 radical (unpaired) electrons. The van der Waals surface area contributed by atoms with Gasteiger partial charge in [-0.1, -0.05) is 48.5 Å². The third-order valence-electron chi connectivity index (χ3n) is 6.39. The zero-order valence-electron chi connectivity index (χ0n) is 19.6. The molecule has 9 nitrogen and oxygen atoms in total. The van der Waals surface area contributed by atoms with Crippen molar-refractivity contribution >= 4 is 38.5 Å². The van der Waals surface area contributed by atoms with Gasteiger partial charge in [-0.15, -0.1) is 0 Å². The minimum atomic E-state index is -4.09. The van der Waals surface area contributed by atoms with Crippen molar-refractivity contribution in [2.24, 2.45) is 11.7 Å². The topological polar surface area (TPSA) is 154 Å². The molecule has 1 saturated heterocycles. The van der Waals surface area contributed by atoms with Gasteiger partial charge in [0.05, 0.1) is 10.8 Å². The van der Waals surface area contributed by atoms with Crippen molar-refractivity contribution < 1.29 is 23.1 Å². The molecule has 0 aliphatic carbocycles. The molecule has 1 amide bonds. The lowest BCUT2D eigenvalue weighted by atomic mass is 9.96. The highest BCUT2D eigenvalue weighted by atomic mass is 32.2. The second kappa shape index (κ2) is 10.5. The van der Waals surface area contributed by atoms with Crippen molar-refractivity contribution in [3.8, 4) is 0 Å². The predicted octanol–water partition coefficient (Wildman–Crippen LogP) is 2.34. The third-order valence-corrected chi connectivity index (χ3v) is 7.86. The van der Waals surface area contributed by atoms with Gasteiger partial charge in [0, 0.05) is 18.7 Å². The van der Waals surface area contributed by atoms with E-state index in [4.69, 9.17) is 11.1 Å². The smallest absolute Gasteiger partial charge is 0.308 e. The second-order valence-corrected chi connectivity index (χ2v) is 10.7. The van der Waals surface area contributed by atoms with Gasteiger partial charge < -0.3 is 15.7 Å². The first-order valence-electron chi connectivity index (χ1n) is 11.6. The molecule has 2 atom stereocenters. The summed E-state index contributed by atoms with van der Waals surface area (Å²) in [4.78, 5) is 26.5. The van der Waals surface area contributed by atoms with Gasteiger partial charge in [0.15, 0.2) is 0 Å². The summed E-state index contributed by atoms with van der Waals surface area (Å²) in [5, 5.41) is 18.7. The monoisotopic (exact) mass is 508 g/mol. The zero-order valence-corrected chi connectivity index (χ0v) is 20.4. The number of carbonyl (C=O) groups excluding carboxylic acids is 1. The summed E-state index contributed by atoms with van der Waals surface area (Å²) in [7, 11) is -4.09. The van der Waals surface area contributed by atoms with Crippen molar-refractivity contribution in [3.05, 3.63) is 77.9 Å². The summed E-state index contributed by atoms with van der Waals surface area (Å²) < 4.78 is 29.3. The van der Waals surface area contributed by atoms with Crippen LogP contribution in [0.3, 0.4) is 0 Å². The third kappa shape index (κ3) is 5.72. The Kier molecular flexibility index (Phi) is 7.37. The molecule has 0 aromatic heterocycles. The number of nitrogens with one attached hydrogen (secondary N) is 2. The van der Waals surface area contributed by atoms with Crippen molar-refractivity contribution in [2.45, 2.75) is 30.2 Å². The van der Waals surface area contributed by atoms with Crippen LogP contribution in [0.25, 0.3) is 10.8 Å². The molecule has 36 heavy (non-hydrogen) atoms. The molecule has 5 N–H and O–H groups in total. The number of carboxylic acids is 1. The lowest BCUT2D eigenvalue weighted by molar-refractivity contribution is -0.146. The van der Waals surface area contributed by atoms with Crippen molar-refractivity contribution in [1.82, 2.24) is 9.62 Å². The van der Waals surface area contributed by atoms with Crippen LogP contribution in [0.4, 0.5) is 0 Å². The van der Waals surface area contributed by atoms with Gasteiger partial charge >= 0.3 is 5.97 Å². The molecule has 3 aromatic rings. The number of carbonyl (C=O) groups is 2. The van der Waals surface area contributed by atoms with E-state index in [1.54, 1.807) is 36.4 Å². The summed E-state index contributed by atoms with van der Waals surface area (Å²) in [5.74, 6) is -2.30. The van der Waals surface area contributed by atoms with Crippen LogP contribution in [0.2, 0.25) is 0 Å². The van der Waals surface area contributed by atoms with Gasteiger partial charge in [0.2, 0.25) is 15.9 Å². The van der Waals surface area contributed by atoms with Crippen LogP contribution in [0.5, 0.6) is 0 Å². The number of amides is 1. The van der Waals surface area contributed by atoms with Crippen LogP contribution in [-0.2, 0) is 26.0 Å².